The SMILES string of the molecule is C=CCCC[C@H](Cc1ccccc1)C(=O)O[C@@H](C)CNC(=O)[C@@H](CC=C)CC(=O)N(CCO)Cc1ccccc1. The number of carbonyl (C=O) groups is 3. The molecule has 2 rings (SSSR count). The smallest absolute Gasteiger partial charge is 0.309 e. The van der Waals surface area contributed by atoms with Crippen LogP contribution in [0.2, 0.25) is 0 Å². The average Bonchev–Trinajstić information content (AvgIpc) is 2.96. The van der Waals surface area contributed by atoms with Crippen molar-refractivity contribution in [3.63, 3.8) is 0 Å². The van der Waals surface area contributed by atoms with E-state index in [1.54, 1.807) is 17.9 Å². The van der Waals surface area contributed by atoms with Gasteiger partial charge in [-0.1, -0.05) is 72.8 Å². The van der Waals surface area contributed by atoms with Crippen LogP contribution in [-0.2, 0) is 32.1 Å². The number of carbonyl (C=O) groups excluding carboxylic acids is 3. The van der Waals surface area contributed by atoms with E-state index in [9.17, 15) is 19.5 Å². The third kappa shape index (κ3) is 12.0. The minimum atomic E-state index is -0.616. The second-order valence-electron chi connectivity index (χ2n) is 10.0. The summed E-state index contributed by atoms with van der Waals surface area (Å²) in [6, 6.07) is 19.4. The summed E-state index contributed by atoms with van der Waals surface area (Å²) < 4.78 is 5.72. The topological polar surface area (TPSA) is 95.9 Å². The van der Waals surface area contributed by atoms with Crippen molar-refractivity contribution in [3.8, 4) is 0 Å². The molecule has 0 bridgehead atoms. The zero-order chi connectivity index (χ0) is 29.2. The van der Waals surface area contributed by atoms with Crippen LogP contribution in [0.15, 0.2) is 86.0 Å². The van der Waals surface area contributed by atoms with Gasteiger partial charge in [0.05, 0.1) is 25.0 Å². The van der Waals surface area contributed by atoms with Crippen molar-refractivity contribution in [1.82, 2.24) is 10.2 Å². The molecule has 0 aliphatic heterocycles. The first kappa shape index (κ1) is 32.5. The highest BCUT2D eigenvalue weighted by Crippen LogP contribution is 2.19. The Morgan fingerprint density at radius 1 is 0.975 bits per heavy atom. The van der Waals surface area contributed by atoms with E-state index in [0.717, 1.165) is 24.0 Å². The lowest BCUT2D eigenvalue weighted by Gasteiger charge is -2.25. The molecule has 0 spiro atoms. The predicted octanol–water partition coefficient (Wildman–Crippen LogP) is 4.85. The Labute approximate surface area is 238 Å². The van der Waals surface area contributed by atoms with Crippen LogP contribution in [-0.4, -0.2) is 53.6 Å². The first-order valence-corrected chi connectivity index (χ1v) is 14.0. The maximum absolute atomic E-state index is 13.1. The number of rotatable bonds is 19. The molecule has 0 heterocycles. The van der Waals surface area contributed by atoms with Gasteiger partial charge in [0.2, 0.25) is 11.8 Å². The number of nitrogens with zero attached hydrogens (tertiary/aromatic N) is 1. The standard InChI is InChI=1S/C33H44N2O5/c1-4-6-9-19-30(22-27-15-10-7-11-16-27)33(39)40-26(3)24-34-32(38)29(14-5-2)23-31(37)35(20-21-36)25-28-17-12-8-13-18-28/h4-5,7-8,10-13,15-18,26,29-30,36H,1-2,6,9,14,19-25H2,3H3,(H,34,38)/t26-,29-,30+/m0/s1. The molecule has 2 aromatic carbocycles. The Bertz CT molecular complexity index is 1060. The lowest BCUT2D eigenvalue weighted by molar-refractivity contribution is -0.153. The molecular weight excluding hydrogens is 504 g/mol. The molecule has 0 fully saturated rings. The number of amides is 2. The van der Waals surface area contributed by atoms with Crippen molar-refractivity contribution in [1.29, 1.82) is 0 Å². The summed E-state index contributed by atoms with van der Waals surface area (Å²) in [7, 11) is 0. The van der Waals surface area contributed by atoms with Crippen molar-refractivity contribution >= 4 is 17.8 Å². The number of hydrogen-bond donors (Lipinski definition) is 2. The summed E-state index contributed by atoms with van der Waals surface area (Å²) in [5.41, 5.74) is 2.02. The summed E-state index contributed by atoms with van der Waals surface area (Å²) in [6.45, 7) is 9.75. The molecule has 40 heavy (non-hydrogen) atoms. The van der Waals surface area contributed by atoms with E-state index in [1.165, 1.54) is 0 Å². The molecule has 0 aromatic heterocycles. The quantitative estimate of drug-likeness (QED) is 0.149. The van der Waals surface area contributed by atoms with Gasteiger partial charge in [0.1, 0.15) is 6.10 Å². The van der Waals surface area contributed by atoms with Gasteiger partial charge < -0.3 is 20.1 Å². The van der Waals surface area contributed by atoms with E-state index in [1.807, 2.05) is 66.7 Å². The second-order valence-corrected chi connectivity index (χ2v) is 10.0. The van der Waals surface area contributed by atoms with Gasteiger partial charge in [0.15, 0.2) is 0 Å². The third-order valence-corrected chi connectivity index (χ3v) is 6.68. The van der Waals surface area contributed by atoms with Gasteiger partial charge in [0.25, 0.3) is 0 Å². The number of nitrogens with one attached hydrogen (secondary N) is 1. The monoisotopic (exact) mass is 548 g/mol. The molecule has 7 nitrogen and oxygen atoms in total. The summed E-state index contributed by atoms with van der Waals surface area (Å²) in [5, 5.41) is 12.3. The van der Waals surface area contributed by atoms with E-state index >= 15 is 0 Å². The molecule has 0 unspecified atom stereocenters. The number of unbranched alkanes of at least 4 members (excludes halogenated alkanes) is 1. The average molecular weight is 549 g/mol. The molecule has 2 aromatic rings. The Hall–Kier alpha value is -3.71. The fourth-order valence-electron chi connectivity index (χ4n) is 4.48. The first-order chi connectivity index (χ1) is 19.4. The van der Waals surface area contributed by atoms with E-state index in [4.69, 9.17) is 4.74 Å². The van der Waals surface area contributed by atoms with Gasteiger partial charge >= 0.3 is 5.97 Å². The van der Waals surface area contributed by atoms with Crippen LogP contribution in [0.4, 0.5) is 0 Å². The van der Waals surface area contributed by atoms with E-state index in [2.05, 4.69) is 18.5 Å². The van der Waals surface area contributed by atoms with Crippen LogP contribution >= 0.6 is 0 Å². The normalized spacial score (nSPS) is 12.9. The van der Waals surface area contributed by atoms with Crippen molar-refractivity contribution in [2.24, 2.45) is 11.8 Å². The van der Waals surface area contributed by atoms with Gasteiger partial charge in [-0.3, -0.25) is 14.4 Å². The molecule has 2 N–H and O–H groups in total. The molecule has 0 aliphatic carbocycles. The number of aliphatic hydroxyl groups excluding tert-OH is 1. The highest BCUT2D eigenvalue weighted by Gasteiger charge is 2.26. The van der Waals surface area contributed by atoms with Crippen LogP contribution in [0.25, 0.3) is 0 Å². The summed E-state index contributed by atoms with van der Waals surface area (Å²) in [6.07, 6.45) is 6.20. The van der Waals surface area contributed by atoms with Gasteiger partial charge in [-0.25, -0.2) is 0 Å². The zero-order valence-corrected chi connectivity index (χ0v) is 23.7. The highest BCUT2D eigenvalue weighted by molar-refractivity contribution is 5.86. The van der Waals surface area contributed by atoms with Crippen LogP contribution in [0.3, 0.4) is 0 Å². The minimum absolute atomic E-state index is 0.0126. The van der Waals surface area contributed by atoms with Crippen molar-refractivity contribution in [3.05, 3.63) is 97.1 Å². The van der Waals surface area contributed by atoms with Crippen molar-refractivity contribution in [2.45, 2.75) is 58.1 Å². The van der Waals surface area contributed by atoms with Crippen LogP contribution in [0.5, 0.6) is 0 Å². The van der Waals surface area contributed by atoms with Gasteiger partial charge in [-0.2, -0.15) is 0 Å². The highest BCUT2D eigenvalue weighted by atomic mass is 16.5. The van der Waals surface area contributed by atoms with E-state index in [0.29, 0.717) is 25.8 Å². The van der Waals surface area contributed by atoms with Crippen LogP contribution in [0, 0.1) is 11.8 Å². The fraction of sp³-hybridized carbons (Fsp3) is 0.424. The van der Waals surface area contributed by atoms with Crippen molar-refractivity contribution in [2.75, 3.05) is 19.7 Å². The third-order valence-electron chi connectivity index (χ3n) is 6.68. The zero-order valence-electron chi connectivity index (χ0n) is 23.7. The molecule has 0 aliphatic rings. The van der Waals surface area contributed by atoms with Crippen LogP contribution in [0.1, 0.15) is 50.2 Å². The lowest BCUT2D eigenvalue weighted by atomic mass is 9.94. The molecule has 3 atom stereocenters. The Kier molecular flexibility index (Phi) is 15.1. The number of ether oxygens (including phenoxy) is 1. The number of benzene rings is 2. The van der Waals surface area contributed by atoms with Gasteiger partial charge in [-0.15, -0.1) is 13.2 Å². The summed E-state index contributed by atoms with van der Waals surface area (Å²) >= 11 is 0. The first-order valence-electron chi connectivity index (χ1n) is 14.0. The Balaban J connectivity index is 1.93. The summed E-state index contributed by atoms with van der Waals surface area (Å²) in [5.74, 6) is -1.70. The molecule has 0 saturated heterocycles. The second kappa shape index (κ2) is 18.6. The van der Waals surface area contributed by atoms with Crippen molar-refractivity contribution < 1.29 is 24.2 Å². The number of allylic oxidation sites excluding steroid dienone is 2. The number of aliphatic hydroxyl groups is 1. The molecule has 216 valence electrons. The predicted molar refractivity (Wildman–Crippen MR) is 158 cm³/mol. The molecule has 0 radical (unpaired) electrons. The van der Waals surface area contributed by atoms with Gasteiger partial charge in [-0.05, 0) is 50.2 Å². The molecular formula is C33H44N2O5. The Morgan fingerprint density at radius 2 is 1.62 bits per heavy atom. The van der Waals surface area contributed by atoms with Gasteiger partial charge in [0, 0.05) is 19.5 Å². The van der Waals surface area contributed by atoms with Crippen LogP contribution < -0.4 is 5.32 Å². The maximum atomic E-state index is 13.1. The van der Waals surface area contributed by atoms with E-state index in [-0.39, 0.29) is 49.8 Å². The molecule has 2 amide bonds. The molecule has 0 saturated carbocycles. The lowest BCUT2D eigenvalue weighted by Crippen LogP contribution is -2.40. The fourth-order valence-corrected chi connectivity index (χ4v) is 4.48. The number of hydrogen-bond acceptors (Lipinski definition) is 5. The summed E-state index contributed by atoms with van der Waals surface area (Å²) in [4.78, 5) is 40.7. The Morgan fingerprint density at radius 3 is 2.23 bits per heavy atom. The molecule has 7 heteroatoms. The van der Waals surface area contributed by atoms with E-state index < -0.39 is 12.0 Å². The minimum Gasteiger partial charge on any atom is -0.461 e. The largest absolute Gasteiger partial charge is 0.461 e. The maximum Gasteiger partial charge on any atom is 0.309 e. The number of esters is 1.